The number of hydrogen-bond acceptors (Lipinski definition) is 7. The Morgan fingerprint density at radius 3 is 2.59 bits per heavy atom. The summed E-state index contributed by atoms with van der Waals surface area (Å²) in [4.78, 5) is 8.06. The molecular formula is C23H29ClN4O2SSi. The highest BCUT2D eigenvalue weighted by Gasteiger charge is 2.37. The van der Waals surface area contributed by atoms with E-state index in [1.165, 1.54) is 0 Å². The largest absolute Gasteiger partial charge is 0.497 e. The molecule has 0 saturated heterocycles. The Kier molecular flexibility index (Phi) is 6.17. The third-order valence-corrected chi connectivity index (χ3v) is 12.0. The number of aromatic nitrogens is 3. The van der Waals surface area contributed by atoms with Crippen LogP contribution in [-0.4, -0.2) is 36.5 Å². The van der Waals surface area contributed by atoms with E-state index in [0.717, 1.165) is 44.5 Å². The number of benzene rings is 2. The van der Waals surface area contributed by atoms with Crippen molar-refractivity contribution in [3.8, 4) is 5.75 Å². The Morgan fingerprint density at radius 1 is 1.16 bits per heavy atom. The molecule has 2 aromatic carbocycles. The van der Waals surface area contributed by atoms with Crippen LogP contribution in [0, 0.1) is 6.92 Å². The predicted octanol–water partition coefficient (Wildman–Crippen LogP) is 6.72. The predicted molar refractivity (Wildman–Crippen MR) is 135 cm³/mol. The van der Waals surface area contributed by atoms with Crippen LogP contribution in [0.15, 0.2) is 29.2 Å². The molecule has 0 bridgehead atoms. The van der Waals surface area contributed by atoms with Gasteiger partial charge in [-0.3, -0.25) is 0 Å². The number of thioether (sulfide) groups is 1. The van der Waals surface area contributed by atoms with E-state index >= 15 is 0 Å². The van der Waals surface area contributed by atoms with Crippen molar-refractivity contribution in [2.75, 3.05) is 17.9 Å². The van der Waals surface area contributed by atoms with Crippen LogP contribution in [0.25, 0.3) is 11.0 Å². The molecule has 2 heterocycles. The number of aryl methyl sites for hydroxylation is 1. The lowest BCUT2D eigenvalue weighted by Gasteiger charge is -2.35. The molecule has 0 unspecified atom stereocenters. The third kappa shape index (κ3) is 4.33. The zero-order valence-electron chi connectivity index (χ0n) is 19.6. The fourth-order valence-electron chi connectivity index (χ4n) is 3.35. The second-order valence-electron chi connectivity index (χ2n) is 9.59. The Balaban J connectivity index is 1.70. The first-order valence-corrected chi connectivity index (χ1v) is 14.8. The molecule has 1 aliphatic heterocycles. The highest BCUT2D eigenvalue weighted by molar-refractivity contribution is 8.00. The van der Waals surface area contributed by atoms with Crippen molar-refractivity contribution >= 4 is 54.1 Å². The van der Waals surface area contributed by atoms with Gasteiger partial charge in [-0.1, -0.05) is 32.4 Å². The molecule has 1 aromatic heterocycles. The first-order valence-electron chi connectivity index (χ1n) is 10.6. The lowest BCUT2D eigenvalue weighted by atomic mass is 10.1. The Labute approximate surface area is 199 Å². The number of nitrogens with zero attached hydrogens (tertiary/aromatic N) is 4. The maximum absolute atomic E-state index is 6.64. The fourth-order valence-corrected chi connectivity index (χ4v) is 5.74. The molecule has 0 N–H and O–H groups in total. The Morgan fingerprint density at radius 2 is 1.91 bits per heavy atom. The van der Waals surface area contributed by atoms with E-state index in [1.807, 2.05) is 18.2 Å². The third-order valence-electron chi connectivity index (χ3n) is 6.24. The van der Waals surface area contributed by atoms with Gasteiger partial charge in [-0.15, -0.1) is 22.0 Å². The number of halogens is 1. The minimum atomic E-state index is -1.90. The van der Waals surface area contributed by atoms with Gasteiger partial charge in [0.25, 0.3) is 0 Å². The first kappa shape index (κ1) is 23.3. The smallest absolute Gasteiger partial charge is 0.192 e. The van der Waals surface area contributed by atoms with Crippen molar-refractivity contribution in [2.45, 2.75) is 57.3 Å². The lowest BCUT2D eigenvalue weighted by Crippen LogP contribution is -2.40. The molecule has 32 heavy (non-hydrogen) atoms. The van der Waals surface area contributed by atoms with Gasteiger partial charge in [-0.25, -0.2) is 4.98 Å². The molecule has 0 radical (unpaired) electrons. The van der Waals surface area contributed by atoms with Gasteiger partial charge in [0.05, 0.1) is 41.5 Å². The summed E-state index contributed by atoms with van der Waals surface area (Å²) in [6.45, 7) is 13.6. The van der Waals surface area contributed by atoms with Gasteiger partial charge in [0.1, 0.15) is 11.3 Å². The second kappa shape index (κ2) is 8.48. The molecule has 0 amide bonds. The van der Waals surface area contributed by atoms with Crippen molar-refractivity contribution in [1.29, 1.82) is 0 Å². The number of ether oxygens (including phenoxy) is 1. The summed E-state index contributed by atoms with van der Waals surface area (Å²) in [6.07, 6.45) is 0. The van der Waals surface area contributed by atoms with Crippen LogP contribution >= 0.6 is 23.4 Å². The van der Waals surface area contributed by atoms with Gasteiger partial charge in [0, 0.05) is 11.0 Å². The van der Waals surface area contributed by atoms with Crippen molar-refractivity contribution in [3.63, 3.8) is 0 Å². The van der Waals surface area contributed by atoms with Crippen LogP contribution in [-0.2, 0) is 11.0 Å². The molecule has 1 aliphatic rings. The molecule has 6 nitrogen and oxygen atoms in total. The maximum atomic E-state index is 6.64. The summed E-state index contributed by atoms with van der Waals surface area (Å²) < 4.78 is 11.7. The van der Waals surface area contributed by atoms with Gasteiger partial charge < -0.3 is 14.1 Å². The zero-order chi connectivity index (χ0) is 23.3. The van der Waals surface area contributed by atoms with Crippen molar-refractivity contribution in [3.05, 3.63) is 40.7 Å². The summed E-state index contributed by atoms with van der Waals surface area (Å²) in [5, 5.41) is 9.76. The van der Waals surface area contributed by atoms with E-state index < -0.39 is 8.32 Å². The van der Waals surface area contributed by atoms with Gasteiger partial charge >= 0.3 is 0 Å². The van der Waals surface area contributed by atoms with Crippen molar-refractivity contribution in [2.24, 2.45) is 0 Å². The SMILES string of the molecule is COc1cc(Cl)c2c(c1)SCN2c1cc(C)cc2nc(CO[Si](C)(C)C(C)(C)C)nnc12. The van der Waals surface area contributed by atoms with E-state index in [1.54, 1.807) is 18.9 Å². The van der Waals surface area contributed by atoms with Crippen LogP contribution in [0.3, 0.4) is 0 Å². The van der Waals surface area contributed by atoms with Crippen molar-refractivity contribution < 1.29 is 9.16 Å². The fraction of sp³-hybridized carbons (Fsp3) is 0.435. The minimum absolute atomic E-state index is 0.129. The highest BCUT2D eigenvalue weighted by Crippen LogP contribution is 2.49. The minimum Gasteiger partial charge on any atom is -0.497 e. The molecular weight excluding hydrogens is 460 g/mol. The normalized spacial score (nSPS) is 14.2. The quantitative estimate of drug-likeness (QED) is 0.369. The second-order valence-corrected chi connectivity index (χ2v) is 15.8. The number of methoxy groups -OCH3 is 1. The van der Waals surface area contributed by atoms with E-state index in [-0.39, 0.29) is 5.04 Å². The summed E-state index contributed by atoms with van der Waals surface area (Å²) in [5.74, 6) is 2.10. The molecule has 0 spiro atoms. The molecule has 0 aliphatic carbocycles. The Bertz CT molecular complexity index is 1180. The van der Waals surface area contributed by atoms with Crippen molar-refractivity contribution in [1.82, 2.24) is 15.2 Å². The number of fused-ring (bicyclic) bond motifs is 2. The molecule has 170 valence electrons. The van der Waals surface area contributed by atoms with Crippen LogP contribution in [0.1, 0.15) is 32.2 Å². The van der Waals surface area contributed by atoms with Crippen LogP contribution in [0.4, 0.5) is 11.4 Å². The molecule has 0 atom stereocenters. The molecule has 0 fully saturated rings. The summed E-state index contributed by atoms with van der Waals surface area (Å²) in [6, 6.07) is 8.02. The number of hydrogen-bond donors (Lipinski definition) is 0. The molecule has 4 rings (SSSR count). The van der Waals surface area contributed by atoms with Crippen LogP contribution in [0.2, 0.25) is 23.2 Å². The zero-order valence-corrected chi connectivity index (χ0v) is 22.2. The van der Waals surface area contributed by atoms with Gasteiger partial charge in [-0.05, 0) is 48.8 Å². The van der Waals surface area contributed by atoms with Crippen LogP contribution < -0.4 is 9.64 Å². The van der Waals surface area contributed by atoms with E-state index in [0.29, 0.717) is 17.5 Å². The standard InChI is InChI=1S/C23H29ClN4O2SSi/c1-14-8-17-21(27-26-20(25-17)12-30-32(6,7)23(2,3)4)18(9-14)28-13-31-19-11-15(29-5)10-16(24)22(19)28/h8-11H,12-13H2,1-7H3. The van der Waals surface area contributed by atoms with E-state index in [9.17, 15) is 0 Å². The molecule has 0 saturated carbocycles. The monoisotopic (exact) mass is 488 g/mol. The summed E-state index contributed by atoms with van der Waals surface area (Å²) in [7, 11) is -0.246. The van der Waals surface area contributed by atoms with Gasteiger partial charge in [-0.2, -0.15) is 0 Å². The van der Waals surface area contributed by atoms with E-state index in [4.69, 9.17) is 25.7 Å². The Hall–Kier alpha value is -1.87. The number of rotatable bonds is 5. The summed E-state index contributed by atoms with van der Waals surface area (Å²) >= 11 is 8.36. The topological polar surface area (TPSA) is 60.4 Å². The maximum Gasteiger partial charge on any atom is 0.192 e. The molecule has 9 heteroatoms. The van der Waals surface area contributed by atoms with Gasteiger partial charge in [0.15, 0.2) is 14.1 Å². The average molecular weight is 489 g/mol. The molecule has 3 aromatic rings. The first-order chi connectivity index (χ1) is 15.0. The lowest BCUT2D eigenvalue weighted by molar-refractivity contribution is 0.266. The highest BCUT2D eigenvalue weighted by atomic mass is 35.5. The number of anilines is 2. The van der Waals surface area contributed by atoms with Gasteiger partial charge in [0.2, 0.25) is 0 Å². The average Bonchev–Trinajstić information content (AvgIpc) is 3.15. The van der Waals surface area contributed by atoms with E-state index in [2.05, 4.69) is 62.0 Å². The van der Waals surface area contributed by atoms with Crippen LogP contribution in [0.5, 0.6) is 5.75 Å². The summed E-state index contributed by atoms with van der Waals surface area (Å²) in [5.41, 5.74) is 4.60.